The predicted molar refractivity (Wildman–Crippen MR) is 312 cm³/mol. The number of carbonyl (C=O) groups excluding carboxylic acids is 1. The van der Waals surface area contributed by atoms with Gasteiger partial charge in [-0.05, 0) is 103 Å². The Morgan fingerprint density at radius 2 is 0.629 bits per heavy atom. The van der Waals surface area contributed by atoms with Crippen molar-refractivity contribution >= 4 is 5.91 Å². The fourth-order valence-electron chi connectivity index (χ4n) is 7.95. The minimum absolute atomic E-state index is 0.100. The lowest BCUT2D eigenvalue weighted by Crippen LogP contribution is -2.45. The first-order chi connectivity index (χ1) is 34.7. The summed E-state index contributed by atoms with van der Waals surface area (Å²) in [5, 5.41) is 23.1. The molecule has 70 heavy (non-hydrogen) atoms. The lowest BCUT2D eigenvalue weighted by atomic mass is 10.0. The van der Waals surface area contributed by atoms with Gasteiger partial charge in [0.2, 0.25) is 5.91 Å². The number of amides is 1. The van der Waals surface area contributed by atoms with Gasteiger partial charge in [0.05, 0.1) is 18.8 Å². The summed E-state index contributed by atoms with van der Waals surface area (Å²) in [6, 6.07) is -0.652. The zero-order chi connectivity index (χ0) is 50.6. The maximum atomic E-state index is 12.5. The van der Waals surface area contributed by atoms with Crippen LogP contribution in [-0.4, -0.2) is 34.9 Å². The van der Waals surface area contributed by atoms with Crippen LogP contribution in [-0.2, 0) is 4.79 Å². The first kappa shape index (κ1) is 66.3. The van der Waals surface area contributed by atoms with Gasteiger partial charge >= 0.3 is 0 Å². The molecule has 0 aromatic rings. The first-order valence-electron chi connectivity index (χ1n) is 29.0. The van der Waals surface area contributed by atoms with E-state index in [-0.39, 0.29) is 12.5 Å². The molecule has 0 aromatic carbocycles. The van der Waals surface area contributed by atoms with Gasteiger partial charge in [0.15, 0.2) is 0 Å². The molecule has 396 valence electrons. The van der Waals surface area contributed by atoms with Gasteiger partial charge in [0, 0.05) is 6.42 Å². The highest BCUT2D eigenvalue weighted by Crippen LogP contribution is 2.15. The summed E-state index contributed by atoms with van der Waals surface area (Å²) in [5.74, 6) is -0.100. The molecule has 0 saturated carbocycles. The Hall–Kier alpha value is -3.73. The summed E-state index contributed by atoms with van der Waals surface area (Å²) in [6.07, 6.45) is 94.3. The highest BCUT2D eigenvalue weighted by Gasteiger charge is 2.18. The van der Waals surface area contributed by atoms with Crippen molar-refractivity contribution < 1.29 is 15.0 Å². The van der Waals surface area contributed by atoms with Gasteiger partial charge in [-0.3, -0.25) is 4.79 Å². The fourth-order valence-corrected chi connectivity index (χ4v) is 7.95. The maximum absolute atomic E-state index is 12.5. The SMILES string of the molecule is CC/C=C\C/C=C\C/C=C\C/C=C\C/C=C\C/C=C\C/C=C\C/C=C\C/C=C\C/C=C\C/C=C\CCCCCC(=O)NC(CO)C(O)/C=C/CCCCCCCCCCCCCCCCCCCCC. The third kappa shape index (κ3) is 55.2. The van der Waals surface area contributed by atoms with E-state index in [4.69, 9.17) is 0 Å². The normalized spacial score (nSPS) is 13.9. The van der Waals surface area contributed by atoms with Crippen LogP contribution in [0.25, 0.3) is 0 Å². The van der Waals surface area contributed by atoms with Gasteiger partial charge in [0.25, 0.3) is 0 Å². The number of aliphatic hydroxyl groups excluding tert-OH is 2. The minimum atomic E-state index is -0.865. The van der Waals surface area contributed by atoms with Crippen LogP contribution in [0, 0.1) is 0 Å². The summed E-state index contributed by atoms with van der Waals surface area (Å²) in [6.45, 7) is 4.18. The lowest BCUT2D eigenvalue weighted by Gasteiger charge is -2.19. The zero-order valence-electron chi connectivity index (χ0n) is 45.5. The average Bonchev–Trinajstić information content (AvgIpc) is 3.36. The van der Waals surface area contributed by atoms with E-state index in [0.717, 1.165) is 109 Å². The molecule has 0 bridgehead atoms. The van der Waals surface area contributed by atoms with E-state index in [1.54, 1.807) is 6.08 Å². The summed E-state index contributed by atoms with van der Waals surface area (Å²) in [7, 11) is 0. The largest absolute Gasteiger partial charge is 0.394 e. The second kappa shape index (κ2) is 59.6. The smallest absolute Gasteiger partial charge is 0.220 e. The number of carbonyl (C=O) groups is 1. The fraction of sp³-hybridized carbons (Fsp3) is 0.621. The van der Waals surface area contributed by atoms with Crippen LogP contribution in [0.4, 0.5) is 0 Å². The van der Waals surface area contributed by atoms with Crippen molar-refractivity contribution in [3.8, 4) is 0 Å². The molecule has 2 atom stereocenters. The standard InChI is InChI=1S/C66H109NO3/c1-3-5-7-9-11-13-15-17-19-21-23-25-26-27-28-29-30-31-32-33-34-35-36-37-38-39-40-42-44-46-48-50-52-54-56-58-60-62-66(70)67-64(63-68)65(69)61-59-57-55-53-51-49-47-45-43-41-24-22-20-18-16-14-12-10-8-6-4-2/h5,7,11,13,17,19,23,25,27-28,30-31,33-34,36-37,39-40,44,46,50,52,59,61,64-65,68-69H,3-4,6,8-10,12,14-16,18,20-22,24,26,29,32,35,38,41-43,45,47-49,51,53-58,60,62-63H2,1-2H3,(H,67,70)/b7-5-,13-11-,19-17-,25-23-,28-27-,31-30-,34-33-,37-36-,40-39-,46-44-,52-50-,61-59+. The van der Waals surface area contributed by atoms with E-state index in [1.165, 1.54) is 116 Å². The van der Waals surface area contributed by atoms with Crippen LogP contribution in [0.1, 0.15) is 245 Å². The molecule has 0 fully saturated rings. The van der Waals surface area contributed by atoms with Gasteiger partial charge in [-0.1, -0.05) is 282 Å². The van der Waals surface area contributed by atoms with Gasteiger partial charge in [-0.15, -0.1) is 0 Å². The van der Waals surface area contributed by atoms with Crippen LogP contribution < -0.4 is 5.32 Å². The molecule has 4 nitrogen and oxygen atoms in total. The number of hydrogen-bond acceptors (Lipinski definition) is 3. The quantitative estimate of drug-likeness (QED) is 0.0420. The molecule has 0 radical (unpaired) electrons. The van der Waals surface area contributed by atoms with Crippen molar-refractivity contribution in [2.45, 2.75) is 257 Å². The number of hydrogen-bond donors (Lipinski definition) is 3. The zero-order valence-corrected chi connectivity index (χ0v) is 45.5. The molecular formula is C66H109NO3. The highest BCUT2D eigenvalue weighted by atomic mass is 16.3. The molecule has 1 amide bonds. The first-order valence-corrected chi connectivity index (χ1v) is 29.0. The Kier molecular flexibility index (Phi) is 56.4. The van der Waals surface area contributed by atoms with E-state index in [9.17, 15) is 15.0 Å². The molecule has 0 rings (SSSR count). The maximum Gasteiger partial charge on any atom is 0.220 e. The van der Waals surface area contributed by atoms with E-state index in [1.807, 2.05) is 6.08 Å². The summed E-state index contributed by atoms with van der Waals surface area (Å²) in [5.41, 5.74) is 0. The van der Waals surface area contributed by atoms with Crippen LogP contribution in [0.5, 0.6) is 0 Å². The molecule has 3 N–H and O–H groups in total. The molecule has 0 heterocycles. The monoisotopic (exact) mass is 964 g/mol. The molecule has 4 heteroatoms. The number of allylic oxidation sites excluding steroid dienone is 23. The van der Waals surface area contributed by atoms with Crippen LogP contribution in [0.15, 0.2) is 146 Å². The molecular weight excluding hydrogens is 855 g/mol. The molecule has 0 saturated heterocycles. The Bertz CT molecular complexity index is 1470. The second-order valence-electron chi connectivity index (χ2n) is 19.0. The Labute approximate surface area is 433 Å². The second-order valence-corrected chi connectivity index (χ2v) is 19.0. The number of aliphatic hydroxyl groups is 2. The highest BCUT2D eigenvalue weighted by molar-refractivity contribution is 5.76. The van der Waals surface area contributed by atoms with E-state index in [2.05, 4.69) is 153 Å². The third-order valence-electron chi connectivity index (χ3n) is 12.3. The van der Waals surface area contributed by atoms with E-state index in [0.29, 0.717) is 6.42 Å². The van der Waals surface area contributed by atoms with Crippen LogP contribution in [0.2, 0.25) is 0 Å². The number of unbranched alkanes of at least 4 members (excludes halogenated alkanes) is 22. The topological polar surface area (TPSA) is 69.6 Å². The van der Waals surface area contributed by atoms with Crippen LogP contribution >= 0.6 is 0 Å². The Morgan fingerprint density at radius 3 is 0.943 bits per heavy atom. The number of rotatable bonds is 51. The van der Waals surface area contributed by atoms with Gasteiger partial charge in [0.1, 0.15) is 0 Å². The van der Waals surface area contributed by atoms with Crippen LogP contribution in [0.3, 0.4) is 0 Å². The molecule has 0 spiro atoms. The number of nitrogens with one attached hydrogen (secondary N) is 1. The molecule has 0 aromatic heterocycles. The third-order valence-corrected chi connectivity index (χ3v) is 12.3. The van der Waals surface area contributed by atoms with E-state index < -0.39 is 12.1 Å². The van der Waals surface area contributed by atoms with Crippen molar-refractivity contribution in [2.75, 3.05) is 6.61 Å². The average molecular weight is 965 g/mol. The summed E-state index contributed by atoms with van der Waals surface area (Å²) >= 11 is 0. The molecule has 0 aliphatic carbocycles. The van der Waals surface area contributed by atoms with Crippen molar-refractivity contribution in [3.05, 3.63) is 146 Å². The van der Waals surface area contributed by atoms with Gasteiger partial charge < -0.3 is 15.5 Å². The van der Waals surface area contributed by atoms with Crippen molar-refractivity contribution in [2.24, 2.45) is 0 Å². The molecule has 2 unspecified atom stereocenters. The minimum Gasteiger partial charge on any atom is -0.394 e. The summed E-state index contributed by atoms with van der Waals surface area (Å²) in [4.78, 5) is 12.5. The predicted octanol–water partition coefficient (Wildman–Crippen LogP) is 19.6. The lowest BCUT2D eigenvalue weighted by molar-refractivity contribution is -0.123. The summed E-state index contributed by atoms with van der Waals surface area (Å²) < 4.78 is 0. The van der Waals surface area contributed by atoms with Crippen molar-refractivity contribution in [3.63, 3.8) is 0 Å². The Morgan fingerprint density at radius 1 is 0.357 bits per heavy atom. The van der Waals surface area contributed by atoms with Crippen molar-refractivity contribution in [1.29, 1.82) is 0 Å². The van der Waals surface area contributed by atoms with Gasteiger partial charge in [-0.25, -0.2) is 0 Å². The Balaban J connectivity index is 3.70. The van der Waals surface area contributed by atoms with Gasteiger partial charge in [-0.2, -0.15) is 0 Å². The molecule has 0 aliphatic heterocycles. The van der Waals surface area contributed by atoms with Crippen molar-refractivity contribution in [1.82, 2.24) is 5.32 Å². The van der Waals surface area contributed by atoms with E-state index >= 15 is 0 Å². The molecule has 0 aliphatic rings.